The molecule has 1 aliphatic heterocycles. The van der Waals surface area contributed by atoms with E-state index in [2.05, 4.69) is 0 Å². The van der Waals surface area contributed by atoms with E-state index in [-0.39, 0.29) is 17.6 Å². The summed E-state index contributed by atoms with van der Waals surface area (Å²) in [7, 11) is 0. The second-order valence-corrected chi connectivity index (χ2v) is 6.23. The molecule has 1 amide bonds. The normalized spacial score (nSPS) is 26.8. The summed E-state index contributed by atoms with van der Waals surface area (Å²) in [4.78, 5) is 37.0. The van der Waals surface area contributed by atoms with Crippen molar-refractivity contribution in [1.82, 2.24) is 4.90 Å². The van der Waals surface area contributed by atoms with Crippen LogP contribution in [-0.2, 0) is 4.79 Å². The Morgan fingerprint density at radius 1 is 1.09 bits per heavy atom. The van der Waals surface area contributed by atoms with Crippen molar-refractivity contribution >= 4 is 17.7 Å². The molecule has 3 rings (SSSR count). The van der Waals surface area contributed by atoms with Crippen molar-refractivity contribution in [2.75, 3.05) is 6.54 Å². The highest BCUT2D eigenvalue weighted by Gasteiger charge is 2.49. The number of carboxylic acids is 1. The number of aliphatic carboxylic acids is 1. The van der Waals surface area contributed by atoms with Gasteiger partial charge in [-0.25, -0.2) is 4.79 Å². The average molecular weight is 301 g/mol. The number of carbonyl (C=O) groups is 3. The molecule has 2 fully saturated rings. The maximum absolute atomic E-state index is 12.7. The zero-order valence-corrected chi connectivity index (χ0v) is 12.5. The van der Waals surface area contributed by atoms with Gasteiger partial charge in [0.05, 0.1) is 0 Å². The number of carboxylic acid groups (broad SMARTS) is 1. The van der Waals surface area contributed by atoms with Gasteiger partial charge in [0.15, 0.2) is 5.78 Å². The number of fused-ring (bicyclic) bond motifs is 1. The molecule has 22 heavy (non-hydrogen) atoms. The molecular formula is C17H19NO4. The lowest BCUT2D eigenvalue weighted by atomic mass is 9.94. The molecule has 0 bridgehead atoms. The Hall–Kier alpha value is -2.17. The van der Waals surface area contributed by atoms with E-state index < -0.39 is 12.0 Å². The van der Waals surface area contributed by atoms with Gasteiger partial charge in [-0.1, -0.05) is 18.6 Å². The Labute approximate surface area is 128 Å². The maximum Gasteiger partial charge on any atom is 0.326 e. The number of ketones is 1. The topological polar surface area (TPSA) is 74.7 Å². The Morgan fingerprint density at radius 2 is 1.73 bits per heavy atom. The molecule has 3 atom stereocenters. The molecule has 1 saturated carbocycles. The zero-order chi connectivity index (χ0) is 15.9. The monoisotopic (exact) mass is 301 g/mol. The van der Waals surface area contributed by atoms with Crippen molar-refractivity contribution in [3.8, 4) is 0 Å². The molecule has 1 aromatic carbocycles. The van der Waals surface area contributed by atoms with E-state index in [0.29, 0.717) is 23.6 Å². The molecule has 116 valence electrons. The average Bonchev–Trinajstić information content (AvgIpc) is 3.06. The number of Topliss-reactive ketones (excluding diaryl/α,β-unsaturated/α-hetero) is 1. The third-order valence-corrected chi connectivity index (χ3v) is 4.94. The van der Waals surface area contributed by atoms with E-state index in [1.807, 2.05) is 0 Å². The number of carbonyl (C=O) groups excluding carboxylic acids is 2. The van der Waals surface area contributed by atoms with Crippen LogP contribution in [0.4, 0.5) is 0 Å². The molecule has 2 aliphatic rings. The van der Waals surface area contributed by atoms with Gasteiger partial charge in [0.1, 0.15) is 6.04 Å². The minimum Gasteiger partial charge on any atom is -0.480 e. The van der Waals surface area contributed by atoms with E-state index in [4.69, 9.17) is 0 Å². The number of rotatable bonds is 3. The summed E-state index contributed by atoms with van der Waals surface area (Å²) < 4.78 is 0. The van der Waals surface area contributed by atoms with Crippen molar-refractivity contribution in [2.24, 2.45) is 11.8 Å². The summed E-state index contributed by atoms with van der Waals surface area (Å²) in [6.45, 7) is 1.99. The molecule has 0 spiro atoms. The van der Waals surface area contributed by atoms with Crippen LogP contribution in [0.1, 0.15) is 46.9 Å². The summed E-state index contributed by atoms with van der Waals surface area (Å²) in [5, 5.41) is 9.50. The molecule has 1 N–H and O–H groups in total. The van der Waals surface area contributed by atoms with Gasteiger partial charge in [0, 0.05) is 17.7 Å². The molecule has 1 heterocycles. The largest absolute Gasteiger partial charge is 0.480 e. The fourth-order valence-electron chi connectivity index (χ4n) is 3.84. The molecule has 1 aromatic rings. The van der Waals surface area contributed by atoms with Crippen molar-refractivity contribution in [2.45, 2.75) is 32.2 Å². The van der Waals surface area contributed by atoms with Gasteiger partial charge in [-0.15, -0.1) is 0 Å². The van der Waals surface area contributed by atoms with Crippen LogP contribution < -0.4 is 0 Å². The fraction of sp³-hybridized carbons (Fsp3) is 0.471. The van der Waals surface area contributed by atoms with E-state index in [9.17, 15) is 19.5 Å². The van der Waals surface area contributed by atoms with Crippen LogP contribution in [0, 0.1) is 11.8 Å². The summed E-state index contributed by atoms with van der Waals surface area (Å²) >= 11 is 0. The van der Waals surface area contributed by atoms with E-state index in [1.54, 1.807) is 24.3 Å². The molecule has 1 saturated heterocycles. The van der Waals surface area contributed by atoms with Crippen molar-refractivity contribution < 1.29 is 19.5 Å². The van der Waals surface area contributed by atoms with Gasteiger partial charge in [-0.2, -0.15) is 0 Å². The molecule has 0 radical (unpaired) electrons. The lowest BCUT2D eigenvalue weighted by Crippen LogP contribution is -2.43. The Balaban J connectivity index is 1.84. The predicted molar refractivity (Wildman–Crippen MR) is 79.7 cm³/mol. The summed E-state index contributed by atoms with van der Waals surface area (Å²) in [6, 6.07) is 5.72. The van der Waals surface area contributed by atoms with Gasteiger partial charge >= 0.3 is 5.97 Å². The Kier molecular flexibility index (Phi) is 3.72. The smallest absolute Gasteiger partial charge is 0.326 e. The summed E-state index contributed by atoms with van der Waals surface area (Å²) in [5.41, 5.74) is 0.987. The number of hydrogen-bond donors (Lipinski definition) is 1. The molecule has 5 nitrogen and oxygen atoms in total. The highest BCUT2D eigenvalue weighted by atomic mass is 16.4. The van der Waals surface area contributed by atoms with Crippen LogP contribution in [-0.4, -0.2) is 40.3 Å². The van der Waals surface area contributed by atoms with Gasteiger partial charge in [0.2, 0.25) is 0 Å². The lowest BCUT2D eigenvalue weighted by Gasteiger charge is -2.24. The maximum atomic E-state index is 12.7. The van der Waals surface area contributed by atoms with Crippen LogP contribution in [0.25, 0.3) is 0 Å². The highest BCUT2D eigenvalue weighted by Crippen LogP contribution is 2.42. The fourth-order valence-corrected chi connectivity index (χ4v) is 3.84. The van der Waals surface area contributed by atoms with Crippen molar-refractivity contribution in [1.29, 1.82) is 0 Å². The first-order valence-electron chi connectivity index (χ1n) is 7.64. The lowest BCUT2D eigenvalue weighted by molar-refractivity contribution is -0.142. The van der Waals surface area contributed by atoms with Gasteiger partial charge in [0.25, 0.3) is 5.91 Å². The van der Waals surface area contributed by atoms with Crippen LogP contribution in [0.2, 0.25) is 0 Å². The van der Waals surface area contributed by atoms with Gasteiger partial charge in [-0.3, -0.25) is 9.59 Å². The third kappa shape index (κ3) is 2.40. The summed E-state index contributed by atoms with van der Waals surface area (Å²) in [5.74, 6) is -0.836. The van der Waals surface area contributed by atoms with E-state index >= 15 is 0 Å². The SMILES string of the molecule is CC(=O)c1ccc(C(=O)N2CC3CCCC3C2C(=O)O)cc1. The van der Waals surface area contributed by atoms with E-state index in [1.165, 1.54) is 11.8 Å². The predicted octanol–water partition coefficient (Wildman–Crippen LogP) is 2.21. The molecule has 1 aliphatic carbocycles. The van der Waals surface area contributed by atoms with Crippen LogP contribution >= 0.6 is 0 Å². The van der Waals surface area contributed by atoms with Crippen molar-refractivity contribution in [3.05, 3.63) is 35.4 Å². The summed E-state index contributed by atoms with van der Waals surface area (Å²) in [6.07, 6.45) is 2.94. The quantitative estimate of drug-likeness (QED) is 0.869. The van der Waals surface area contributed by atoms with Gasteiger partial charge in [-0.05, 0) is 43.7 Å². The second-order valence-electron chi connectivity index (χ2n) is 6.23. The number of likely N-dealkylation sites (tertiary alicyclic amines) is 1. The van der Waals surface area contributed by atoms with Crippen LogP contribution in [0.3, 0.4) is 0 Å². The third-order valence-electron chi connectivity index (χ3n) is 4.94. The molecule has 5 heteroatoms. The first-order valence-corrected chi connectivity index (χ1v) is 7.64. The van der Waals surface area contributed by atoms with Crippen molar-refractivity contribution in [3.63, 3.8) is 0 Å². The van der Waals surface area contributed by atoms with E-state index in [0.717, 1.165) is 19.3 Å². The Bertz CT molecular complexity index is 622. The second kappa shape index (κ2) is 5.55. The standard InChI is InChI=1S/C17H19NO4/c1-10(19)11-5-7-12(8-6-11)16(20)18-9-13-3-2-4-14(13)15(18)17(21)22/h5-8,13-15H,2-4,9H2,1H3,(H,21,22). The minimum absolute atomic E-state index is 0.0573. The zero-order valence-electron chi connectivity index (χ0n) is 12.5. The molecule has 3 unspecified atom stereocenters. The molecule has 0 aromatic heterocycles. The first kappa shape index (κ1) is 14.8. The number of hydrogen-bond acceptors (Lipinski definition) is 3. The Morgan fingerprint density at radius 3 is 2.32 bits per heavy atom. The number of nitrogens with zero attached hydrogens (tertiary/aromatic N) is 1. The number of benzene rings is 1. The first-order chi connectivity index (χ1) is 10.5. The minimum atomic E-state index is -0.914. The number of amides is 1. The highest BCUT2D eigenvalue weighted by molar-refractivity contribution is 5.99. The molecular weight excluding hydrogens is 282 g/mol. The van der Waals surface area contributed by atoms with Crippen LogP contribution in [0.15, 0.2) is 24.3 Å². The van der Waals surface area contributed by atoms with Crippen LogP contribution in [0.5, 0.6) is 0 Å². The van der Waals surface area contributed by atoms with Gasteiger partial charge < -0.3 is 10.0 Å².